The lowest BCUT2D eigenvalue weighted by atomic mass is 10.00. The number of likely N-dealkylation sites (tertiary alicyclic amines) is 1. The molecule has 0 unspecified atom stereocenters. The molecule has 4 aromatic heterocycles. The normalized spacial score (nSPS) is 15.5. The molecule has 25 heavy (non-hydrogen) atoms. The second-order valence-corrected chi connectivity index (χ2v) is 6.12. The van der Waals surface area contributed by atoms with Crippen molar-refractivity contribution in [2.24, 2.45) is 0 Å². The van der Waals surface area contributed by atoms with E-state index >= 15 is 0 Å². The predicted molar refractivity (Wildman–Crippen MR) is 88.5 cm³/mol. The predicted octanol–water partition coefficient (Wildman–Crippen LogP) is 1.77. The van der Waals surface area contributed by atoms with Gasteiger partial charge < -0.3 is 8.92 Å². The molecule has 0 spiro atoms. The molecule has 0 saturated carbocycles. The molecule has 124 valence electrons. The van der Waals surface area contributed by atoms with Gasteiger partial charge in [0.1, 0.15) is 5.65 Å². The van der Waals surface area contributed by atoms with E-state index in [4.69, 9.17) is 4.52 Å². The van der Waals surface area contributed by atoms with Crippen LogP contribution in [0.4, 0.5) is 0 Å². The van der Waals surface area contributed by atoms with Crippen LogP contribution in [0.2, 0.25) is 0 Å². The molecule has 0 aliphatic carbocycles. The van der Waals surface area contributed by atoms with E-state index < -0.39 is 0 Å². The average Bonchev–Trinajstić information content (AvgIpc) is 3.25. The van der Waals surface area contributed by atoms with Crippen LogP contribution in [0.15, 0.2) is 53.6 Å². The van der Waals surface area contributed by atoms with Crippen molar-refractivity contribution in [2.75, 3.05) is 13.1 Å². The highest BCUT2D eigenvalue weighted by Gasteiger charge is 2.33. The molecule has 4 aromatic rings. The quantitative estimate of drug-likeness (QED) is 0.562. The van der Waals surface area contributed by atoms with Crippen LogP contribution in [-0.2, 0) is 6.54 Å². The van der Waals surface area contributed by atoms with E-state index in [0.29, 0.717) is 17.5 Å². The van der Waals surface area contributed by atoms with Gasteiger partial charge in [-0.1, -0.05) is 11.2 Å². The first-order valence-electron chi connectivity index (χ1n) is 8.11. The van der Waals surface area contributed by atoms with Crippen molar-refractivity contribution in [3.05, 3.63) is 60.6 Å². The first-order chi connectivity index (χ1) is 12.3. The van der Waals surface area contributed by atoms with Crippen molar-refractivity contribution >= 4 is 5.65 Å². The molecular formula is C17H15N7O. The van der Waals surface area contributed by atoms with Gasteiger partial charge in [0.25, 0.3) is 0 Å². The average molecular weight is 333 g/mol. The van der Waals surface area contributed by atoms with Crippen molar-refractivity contribution in [3.8, 4) is 11.6 Å². The zero-order chi connectivity index (χ0) is 16.6. The molecule has 8 heteroatoms. The molecule has 5 rings (SSSR count). The summed E-state index contributed by atoms with van der Waals surface area (Å²) < 4.78 is 7.42. The van der Waals surface area contributed by atoms with E-state index in [1.807, 2.05) is 28.8 Å². The third kappa shape index (κ3) is 2.66. The van der Waals surface area contributed by atoms with E-state index in [1.165, 1.54) is 0 Å². The van der Waals surface area contributed by atoms with Gasteiger partial charge >= 0.3 is 0 Å². The second-order valence-electron chi connectivity index (χ2n) is 6.12. The molecule has 1 aliphatic heterocycles. The zero-order valence-electron chi connectivity index (χ0n) is 13.4. The van der Waals surface area contributed by atoms with Crippen LogP contribution in [-0.4, -0.2) is 47.5 Å². The zero-order valence-corrected chi connectivity index (χ0v) is 13.4. The van der Waals surface area contributed by atoms with Crippen LogP contribution >= 0.6 is 0 Å². The molecule has 0 aromatic carbocycles. The van der Waals surface area contributed by atoms with Crippen LogP contribution in [0.25, 0.3) is 17.3 Å². The summed E-state index contributed by atoms with van der Waals surface area (Å²) in [5.74, 6) is 1.82. The van der Waals surface area contributed by atoms with Gasteiger partial charge in [0, 0.05) is 44.4 Å². The van der Waals surface area contributed by atoms with Crippen LogP contribution in [0, 0.1) is 0 Å². The minimum atomic E-state index is 0.252. The highest BCUT2D eigenvalue weighted by Crippen LogP contribution is 2.28. The topological polar surface area (TPSA) is 85.2 Å². The van der Waals surface area contributed by atoms with Crippen LogP contribution in [0.3, 0.4) is 0 Å². The summed E-state index contributed by atoms with van der Waals surface area (Å²) in [4.78, 5) is 19.7. The molecule has 1 fully saturated rings. The molecule has 0 N–H and O–H groups in total. The van der Waals surface area contributed by atoms with Crippen LogP contribution in [0.1, 0.15) is 17.5 Å². The number of hydrogen-bond acceptors (Lipinski definition) is 7. The lowest BCUT2D eigenvalue weighted by molar-refractivity contribution is 0.116. The van der Waals surface area contributed by atoms with Crippen molar-refractivity contribution in [1.29, 1.82) is 0 Å². The summed E-state index contributed by atoms with van der Waals surface area (Å²) in [7, 11) is 0. The maximum absolute atomic E-state index is 5.38. The molecule has 5 heterocycles. The Balaban J connectivity index is 1.24. The Hall–Kier alpha value is -3.13. The van der Waals surface area contributed by atoms with Crippen LogP contribution < -0.4 is 0 Å². The van der Waals surface area contributed by atoms with Gasteiger partial charge in [0.05, 0.1) is 11.6 Å². The van der Waals surface area contributed by atoms with E-state index in [0.717, 1.165) is 31.0 Å². The number of pyridine rings is 1. The monoisotopic (exact) mass is 333 g/mol. The molecule has 1 aliphatic rings. The molecule has 0 bridgehead atoms. The van der Waals surface area contributed by atoms with Crippen molar-refractivity contribution < 1.29 is 4.52 Å². The van der Waals surface area contributed by atoms with E-state index in [1.54, 1.807) is 18.5 Å². The summed E-state index contributed by atoms with van der Waals surface area (Å²) in [6.07, 6.45) is 7.41. The smallest absolute Gasteiger partial charge is 0.240 e. The van der Waals surface area contributed by atoms with Gasteiger partial charge in [0.2, 0.25) is 17.5 Å². The van der Waals surface area contributed by atoms with Crippen molar-refractivity contribution in [1.82, 2.24) is 34.4 Å². The van der Waals surface area contributed by atoms with Crippen molar-refractivity contribution in [3.63, 3.8) is 0 Å². The maximum atomic E-state index is 5.38. The summed E-state index contributed by atoms with van der Waals surface area (Å²) in [6, 6.07) is 7.76. The summed E-state index contributed by atoms with van der Waals surface area (Å²) in [5.41, 5.74) is 2.03. The van der Waals surface area contributed by atoms with Gasteiger partial charge in [-0.15, -0.1) is 0 Å². The molecule has 1 saturated heterocycles. The second kappa shape index (κ2) is 5.75. The van der Waals surface area contributed by atoms with Gasteiger partial charge in [-0.25, -0.2) is 15.0 Å². The summed E-state index contributed by atoms with van der Waals surface area (Å²) in [5, 5.41) is 3.98. The molecule has 0 radical (unpaired) electrons. The fraction of sp³-hybridized carbons (Fsp3) is 0.235. The van der Waals surface area contributed by atoms with Crippen LogP contribution in [0.5, 0.6) is 0 Å². The summed E-state index contributed by atoms with van der Waals surface area (Å²) >= 11 is 0. The number of nitrogens with zero attached hydrogens (tertiary/aromatic N) is 7. The van der Waals surface area contributed by atoms with Gasteiger partial charge in [-0.05, 0) is 18.2 Å². The Morgan fingerprint density at radius 1 is 1.04 bits per heavy atom. The lowest BCUT2D eigenvalue weighted by Crippen LogP contribution is -2.44. The van der Waals surface area contributed by atoms with E-state index in [9.17, 15) is 0 Å². The Labute approximate surface area is 143 Å². The minimum Gasteiger partial charge on any atom is -0.338 e. The molecule has 0 amide bonds. The third-order valence-corrected chi connectivity index (χ3v) is 4.31. The highest BCUT2D eigenvalue weighted by atomic mass is 16.5. The molecule has 0 atom stereocenters. The number of rotatable bonds is 4. The Morgan fingerprint density at radius 2 is 1.92 bits per heavy atom. The number of aromatic nitrogens is 6. The standard InChI is InChI=1S/C17H15N7O/c1-2-7-24-11-13(20-14(24)4-1)10-23-8-12(9-23)17-21-16(22-25-17)15-18-5-3-6-19-15/h1-7,11-12H,8-10H2. The number of imidazole rings is 1. The lowest BCUT2D eigenvalue weighted by Gasteiger charge is -2.36. The van der Waals surface area contributed by atoms with Gasteiger partial charge in [0.15, 0.2) is 0 Å². The van der Waals surface area contributed by atoms with E-state index in [2.05, 4.69) is 36.2 Å². The summed E-state index contributed by atoms with van der Waals surface area (Å²) in [6.45, 7) is 2.58. The number of hydrogen-bond donors (Lipinski definition) is 0. The first-order valence-corrected chi connectivity index (χ1v) is 8.11. The maximum Gasteiger partial charge on any atom is 0.240 e. The molecular weight excluding hydrogens is 318 g/mol. The Bertz CT molecular complexity index is 971. The van der Waals surface area contributed by atoms with E-state index in [-0.39, 0.29) is 5.92 Å². The van der Waals surface area contributed by atoms with Gasteiger partial charge in [-0.2, -0.15) is 4.98 Å². The largest absolute Gasteiger partial charge is 0.338 e. The Kier molecular flexibility index (Phi) is 3.27. The Morgan fingerprint density at radius 3 is 2.76 bits per heavy atom. The fourth-order valence-electron chi connectivity index (χ4n) is 3.05. The van der Waals surface area contributed by atoms with Gasteiger partial charge in [-0.3, -0.25) is 4.90 Å². The highest BCUT2D eigenvalue weighted by molar-refractivity contribution is 5.41. The first kappa shape index (κ1) is 14.2. The minimum absolute atomic E-state index is 0.252. The molecule has 8 nitrogen and oxygen atoms in total. The third-order valence-electron chi connectivity index (χ3n) is 4.31. The SMILES string of the molecule is c1cnc(-c2noc(C3CN(Cc4cn5ccccc5n4)C3)n2)nc1. The fourth-order valence-corrected chi connectivity index (χ4v) is 3.05. The van der Waals surface area contributed by atoms with Crippen molar-refractivity contribution in [2.45, 2.75) is 12.5 Å². The number of fused-ring (bicyclic) bond motifs is 1.